The number of amides is 1. The molecule has 1 amide bonds. The van der Waals surface area contributed by atoms with E-state index in [1.807, 2.05) is 30.3 Å². The van der Waals surface area contributed by atoms with Gasteiger partial charge in [0.1, 0.15) is 0 Å². The molecule has 2 N–H and O–H groups in total. The van der Waals surface area contributed by atoms with Gasteiger partial charge in [-0.2, -0.15) is 0 Å². The van der Waals surface area contributed by atoms with Crippen LogP contribution in [0.4, 0.5) is 5.69 Å². The highest BCUT2D eigenvalue weighted by molar-refractivity contribution is 6.04. The lowest BCUT2D eigenvalue weighted by Gasteiger charge is -2.27. The Morgan fingerprint density at radius 1 is 1.18 bits per heavy atom. The normalized spacial score (nSPS) is 15.5. The zero-order valence-corrected chi connectivity index (χ0v) is 12.5. The molecular formula is C17H20N4O. The highest BCUT2D eigenvalue weighted by Crippen LogP contribution is 2.11. The average molecular weight is 296 g/mol. The third-order valence-corrected chi connectivity index (χ3v) is 3.75. The van der Waals surface area contributed by atoms with E-state index in [9.17, 15) is 4.79 Å². The van der Waals surface area contributed by atoms with E-state index >= 15 is 0 Å². The van der Waals surface area contributed by atoms with Crippen LogP contribution in [0, 0.1) is 0 Å². The van der Waals surface area contributed by atoms with Crippen LogP contribution in [0.5, 0.6) is 0 Å². The van der Waals surface area contributed by atoms with E-state index in [4.69, 9.17) is 0 Å². The van der Waals surface area contributed by atoms with E-state index in [2.05, 4.69) is 20.5 Å². The molecule has 2 aromatic rings. The zero-order valence-electron chi connectivity index (χ0n) is 12.5. The van der Waals surface area contributed by atoms with Crippen LogP contribution in [0.15, 0.2) is 48.8 Å². The summed E-state index contributed by atoms with van der Waals surface area (Å²) in [6.45, 7) is 5.18. The van der Waals surface area contributed by atoms with E-state index in [1.165, 1.54) is 5.56 Å². The lowest BCUT2D eigenvalue weighted by Crippen LogP contribution is -2.42. The smallest absolute Gasteiger partial charge is 0.255 e. The second-order valence-electron chi connectivity index (χ2n) is 5.42. The summed E-state index contributed by atoms with van der Waals surface area (Å²) in [5, 5.41) is 6.19. The minimum atomic E-state index is -0.110. The molecule has 22 heavy (non-hydrogen) atoms. The van der Waals surface area contributed by atoms with Crippen molar-refractivity contribution in [3.05, 3.63) is 59.9 Å². The van der Waals surface area contributed by atoms with Gasteiger partial charge < -0.3 is 10.6 Å². The number of benzene rings is 1. The summed E-state index contributed by atoms with van der Waals surface area (Å²) in [6.07, 6.45) is 3.32. The molecule has 3 rings (SSSR count). The molecule has 1 fully saturated rings. The van der Waals surface area contributed by atoms with Gasteiger partial charge in [-0.25, -0.2) is 0 Å². The van der Waals surface area contributed by atoms with Gasteiger partial charge in [0, 0.05) is 44.5 Å². The monoisotopic (exact) mass is 296 g/mol. The summed E-state index contributed by atoms with van der Waals surface area (Å²) < 4.78 is 0. The zero-order chi connectivity index (χ0) is 15.2. The molecule has 1 aliphatic rings. The van der Waals surface area contributed by atoms with Crippen LogP contribution in [-0.2, 0) is 6.54 Å². The molecular weight excluding hydrogens is 276 g/mol. The Morgan fingerprint density at radius 2 is 1.95 bits per heavy atom. The molecule has 0 aliphatic carbocycles. The summed E-state index contributed by atoms with van der Waals surface area (Å²) in [4.78, 5) is 18.6. The van der Waals surface area contributed by atoms with Crippen molar-refractivity contribution >= 4 is 11.6 Å². The molecule has 2 heterocycles. The maximum Gasteiger partial charge on any atom is 0.255 e. The third kappa shape index (κ3) is 3.90. The van der Waals surface area contributed by atoms with Gasteiger partial charge in [0.25, 0.3) is 5.91 Å². The number of carbonyl (C=O) groups is 1. The molecule has 1 aromatic carbocycles. The molecule has 5 nitrogen and oxygen atoms in total. The largest absolute Gasteiger partial charge is 0.321 e. The predicted molar refractivity (Wildman–Crippen MR) is 86.8 cm³/mol. The number of hydrogen-bond acceptors (Lipinski definition) is 4. The first kappa shape index (κ1) is 14.7. The van der Waals surface area contributed by atoms with Crippen LogP contribution in [0.3, 0.4) is 0 Å². The average Bonchev–Trinajstić information content (AvgIpc) is 2.57. The van der Waals surface area contributed by atoms with Gasteiger partial charge in [-0.15, -0.1) is 0 Å². The van der Waals surface area contributed by atoms with Crippen molar-refractivity contribution in [3.8, 4) is 0 Å². The Bertz CT molecular complexity index is 606. The van der Waals surface area contributed by atoms with Gasteiger partial charge in [0.2, 0.25) is 0 Å². The summed E-state index contributed by atoms with van der Waals surface area (Å²) in [6, 6.07) is 11.4. The SMILES string of the molecule is O=C(Nc1cccnc1)c1ccc(CN2CCNCC2)cc1. The summed E-state index contributed by atoms with van der Waals surface area (Å²) >= 11 is 0. The fourth-order valence-electron chi connectivity index (χ4n) is 2.53. The maximum atomic E-state index is 12.2. The lowest BCUT2D eigenvalue weighted by molar-refractivity contribution is 0.102. The van der Waals surface area contributed by atoms with Crippen molar-refractivity contribution in [2.45, 2.75) is 6.54 Å². The molecule has 5 heteroatoms. The number of carbonyl (C=O) groups excluding carboxylic acids is 1. The van der Waals surface area contributed by atoms with Crippen LogP contribution in [0.2, 0.25) is 0 Å². The highest BCUT2D eigenvalue weighted by Gasteiger charge is 2.11. The fourth-order valence-corrected chi connectivity index (χ4v) is 2.53. The van der Waals surface area contributed by atoms with Gasteiger partial charge >= 0.3 is 0 Å². The van der Waals surface area contributed by atoms with Gasteiger partial charge in [-0.3, -0.25) is 14.7 Å². The van der Waals surface area contributed by atoms with Crippen LogP contribution < -0.4 is 10.6 Å². The number of nitrogens with one attached hydrogen (secondary N) is 2. The molecule has 1 aliphatic heterocycles. The first-order valence-corrected chi connectivity index (χ1v) is 7.55. The van der Waals surface area contributed by atoms with E-state index in [0.717, 1.165) is 32.7 Å². The van der Waals surface area contributed by atoms with Crippen molar-refractivity contribution in [1.29, 1.82) is 0 Å². The second-order valence-corrected chi connectivity index (χ2v) is 5.42. The number of piperazine rings is 1. The molecule has 1 saturated heterocycles. The van der Waals surface area contributed by atoms with Crippen LogP contribution >= 0.6 is 0 Å². The molecule has 0 bridgehead atoms. The molecule has 0 saturated carbocycles. The number of hydrogen-bond donors (Lipinski definition) is 2. The first-order chi connectivity index (χ1) is 10.8. The predicted octanol–water partition coefficient (Wildman–Crippen LogP) is 1.74. The lowest BCUT2D eigenvalue weighted by atomic mass is 10.1. The number of pyridine rings is 1. The number of aromatic nitrogens is 1. The van der Waals surface area contributed by atoms with Crippen LogP contribution in [0.25, 0.3) is 0 Å². The highest BCUT2D eigenvalue weighted by atomic mass is 16.1. The fraction of sp³-hybridized carbons (Fsp3) is 0.294. The molecule has 0 atom stereocenters. The van der Waals surface area contributed by atoms with Crippen molar-refractivity contribution < 1.29 is 4.79 Å². The second kappa shape index (κ2) is 7.15. The van der Waals surface area contributed by atoms with Gasteiger partial charge in [-0.1, -0.05) is 12.1 Å². The third-order valence-electron chi connectivity index (χ3n) is 3.75. The van der Waals surface area contributed by atoms with Crippen molar-refractivity contribution in [3.63, 3.8) is 0 Å². The molecule has 0 radical (unpaired) electrons. The Balaban J connectivity index is 1.59. The minimum Gasteiger partial charge on any atom is -0.321 e. The number of nitrogens with zero attached hydrogens (tertiary/aromatic N) is 2. The Morgan fingerprint density at radius 3 is 2.64 bits per heavy atom. The van der Waals surface area contributed by atoms with Gasteiger partial charge in [-0.05, 0) is 29.8 Å². The molecule has 0 spiro atoms. The van der Waals surface area contributed by atoms with Gasteiger partial charge in [0.15, 0.2) is 0 Å². The van der Waals surface area contributed by atoms with E-state index in [0.29, 0.717) is 11.3 Å². The van der Waals surface area contributed by atoms with E-state index in [1.54, 1.807) is 18.5 Å². The van der Waals surface area contributed by atoms with Crippen molar-refractivity contribution in [1.82, 2.24) is 15.2 Å². The van der Waals surface area contributed by atoms with E-state index < -0.39 is 0 Å². The standard InChI is InChI=1S/C17H20N4O/c22-17(20-16-2-1-7-19-12-16)15-5-3-14(4-6-15)13-21-10-8-18-9-11-21/h1-7,12,18H,8-11,13H2,(H,20,22). The summed E-state index contributed by atoms with van der Waals surface area (Å²) in [5.41, 5.74) is 2.60. The quantitative estimate of drug-likeness (QED) is 0.902. The molecule has 0 unspecified atom stereocenters. The summed E-state index contributed by atoms with van der Waals surface area (Å²) in [5.74, 6) is -0.110. The molecule has 114 valence electrons. The van der Waals surface area contributed by atoms with E-state index in [-0.39, 0.29) is 5.91 Å². The summed E-state index contributed by atoms with van der Waals surface area (Å²) in [7, 11) is 0. The Labute approximate surface area is 130 Å². The van der Waals surface area contributed by atoms with Crippen LogP contribution in [0.1, 0.15) is 15.9 Å². The molecule has 1 aromatic heterocycles. The van der Waals surface area contributed by atoms with Crippen molar-refractivity contribution in [2.24, 2.45) is 0 Å². The number of rotatable bonds is 4. The minimum absolute atomic E-state index is 0.110. The van der Waals surface area contributed by atoms with Crippen LogP contribution in [-0.4, -0.2) is 42.0 Å². The number of anilines is 1. The Hall–Kier alpha value is -2.24. The maximum absolute atomic E-state index is 12.2. The Kier molecular flexibility index (Phi) is 4.78. The van der Waals surface area contributed by atoms with Gasteiger partial charge in [0.05, 0.1) is 11.9 Å². The topological polar surface area (TPSA) is 57.3 Å². The van der Waals surface area contributed by atoms with Crippen molar-refractivity contribution in [2.75, 3.05) is 31.5 Å². The first-order valence-electron chi connectivity index (χ1n) is 7.55.